The minimum Gasteiger partial charge on any atom is -0.192 e. The first-order chi connectivity index (χ1) is 8.81. The monoisotopic (exact) mass is 237 g/mol. The third kappa shape index (κ3) is 3.34. The molecule has 1 unspecified atom stereocenters. The molecule has 0 aromatic heterocycles. The van der Waals surface area contributed by atoms with E-state index in [9.17, 15) is 0 Å². The Bertz CT molecular complexity index is 485. The summed E-state index contributed by atoms with van der Waals surface area (Å²) in [5, 5.41) is 8.73. The SMILES string of the molecule is CCC1CC=C(C=Cc2ccc(C#N)cc2)CC1. The summed E-state index contributed by atoms with van der Waals surface area (Å²) in [5.74, 6) is 0.886. The molecule has 0 aliphatic heterocycles. The van der Waals surface area contributed by atoms with Gasteiger partial charge in [0.05, 0.1) is 11.6 Å². The Balaban J connectivity index is 1.99. The smallest absolute Gasteiger partial charge is 0.0991 e. The van der Waals surface area contributed by atoms with Crippen LogP contribution in [0.4, 0.5) is 0 Å². The van der Waals surface area contributed by atoms with Crippen LogP contribution in [0.15, 0.2) is 42.0 Å². The van der Waals surface area contributed by atoms with Gasteiger partial charge in [-0.05, 0) is 42.9 Å². The maximum atomic E-state index is 8.73. The molecule has 1 aliphatic rings. The van der Waals surface area contributed by atoms with E-state index >= 15 is 0 Å². The first-order valence-corrected chi connectivity index (χ1v) is 6.69. The second kappa shape index (κ2) is 6.21. The lowest BCUT2D eigenvalue weighted by Gasteiger charge is -2.18. The van der Waals surface area contributed by atoms with Crippen molar-refractivity contribution in [3.05, 3.63) is 53.1 Å². The van der Waals surface area contributed by atoms with E-state index in [0.29, 0.717) is 0 Å². The third-order valence-electron chi connectivity index (χ3n) is 3.66. The van der Waals surface area contributed by atoms with Crippen LogP contribution >= 0.6 is 0 Å². The number of nitrogens with zero attached hydrogens (tertiary/aromatic N) is 1. The summed E-state index contributed by atoms with van der Waals surface area (Å²) in [6.07, 6.45) is 11.8. The largest absolute Gasteiger partial charge is 0.192 e. The minimum absolute atomic E-state index is 0.717. The molecule has 0 spiro atoms. The van der Waals surface area contributed by atoms with E-state index in [0.717, 1.165) is 17.0 Å². The highest BCUT2D eigenvalue weighted by molar-refractivity contribution is 5.54. The maximum Gasteiger partial charge on any atom is 0.0991 e. The normalized spacial score (nSPS) is 19.6. The molecule has 1 aliphatic carbocycles. The second-order valence-corrected chi connectivity index (χ2v) is 4.89. The fourth-order valence-corrected chi connectivity index (χ4v) is 2.30. The van der Waals surface area contributed by atoms with Crippen LogP contribution < -0.4 is 0 Å². The Morgan fingerprint density at radius 3 is 2.61 bits per heavy atom. The van der Waals surface area contributed by atoms with E-state index < -0.39 is 0 Å². The molecule has 0 bridgehead atoms. The van der Waals surface area contributed by atoms with Gasteiger partial charge in [0.1, 0.15) is 0 Å². The lowest BCUT2D eigenvalue weighted by Crippen LogP contribution is -2.03. The van der Waals surface area contributed by atoms with Gasteiger partial charge in [0.2, 0.25) is 0 Å². The Labute approximate surface area is 109 Å². The molecule has 1 heteroatoms. The quantitative estimate of drug-likeness (QED) is 0.747. The number of hydrogen-bond acceptors (Lipinski definition) is 1. The first-order valence-electron chi connectivity index (χ1n) is 6.69. The molecule has 18 heavy (non-hydrogen) atoms. The molecule has 1 atom stereocenters. The number of allylic oxidation sites excluding steroid dienone is 3. The highest BCUT2D eigenvalue weighted by Crippen LogP contribution is 2.26. The van der Waals surface area contributed by atoms with Crippen molar-refractivity contribution in [2.75, 3.05) is 0 Å². The molecule has 0 amide bonds. The summed E-state index contributed by atoms with van der Waals surface area (Å²) >= 11 is 0. The zero-order valence-electron chi connectivity index (χ0n) is 10.9. The number of rotatable bonds is 3. The van der Waals surface area contributed by atoms with Gasteiger partial charge in [-0.1, -0.05) is 49.3 Å². The maximum absolute atomic E-state index is 8.73. The summed E-state index contributed by atoms with van der Waals surface area (Å²) < 4.78 is 0. The van der Waals surface area contributed by atoms with Crippen molar-refractivity contribution in [3.63, 3.8) is 0 Å². The van der Waals surface area contributed by atoms with Gasteiger partial charge in [0.25, 0.3) is 0 Å². The number of hydrogen-bond donors (Lipinski definition) is 0. The first kappa shape index (κ1) is 12.6. The Hall–Kier alpha value is -1.81. The average molecular weight is 237 g/mol. The topological polar surface area (TPSA) is 23.8 Å². The van der Waals surface area contributed by atoms with Crippen LogP contribution in [-0.4, -0.2) is 0 Å². The Morgan fingerprint density at radius 1 is 1.28 bits per heavy atom. The van der Waals surface area contributed by atoms with Crippen molar-refractivity contribution in [2.24, 2.45) is 5.92 Å². The van der Waals surface area contributed by atoms with Crippen LogP contribution in [0.2, 0.25) is 0 Å². The van der Waals surface area contributed by atoms with Gasteiger partial charge < -0.3 is 0 Å². The molecule has 92 valence electrons. The highest BCUT2D eigenvalue weighted by atomic mass is 14.2. The van der Waals surface area contributed by atoms with Crippen molar-refractivity contribution in [1.82, 2.24) is 0 Å². The van der Waals surface area contributed by atoms with Crippen LogP contribution in [0.5, 0.6) is 0 Å². The molecule has 0 saturated carbocycles. The van der Waals surface area contributed by atoms with Gasteiger partial charge in [-0.2, -0.15) is 5.26 Å². The van der Waals surface area contributed by atoms with Crippen molar-refractivity contribution in [2.45, 2.75) is 32.6 Å². The van der Waals surface area contributed by atoms with Gasteiger partial charge in [-0.3, -0.25) is 0 Å². The molecule has 0 saturated heterocycles. The van der Waals surface area contributed by atoms with Crippen LogP contribution in [0, 0.1) is 17.2 Å². The summed E-state index contributed by atoms with van der Waals surface area (Å²) in [5.41, 5.74) is 3.33. The van der Waals surface area contributed by atoms with E-state index in [1.807, 2.05) is 24.3 Å². The van der Waals surface area contributed by atoms with Gasteiger partial charge in [-0.25, -0.2) is 0 Å². The van der Waals surface area contributed by atoms with Crippen molar-refractivity contribution in [3.8, 4) is 6.07 Å². The lowest BCUT2D eigenvalue weighted by molar-refractivity contribution is 0.459. The third-order valence-corrected chi connectivity index (χ3v) is 3.66. The standard InChI is InChI=1S/C17H19N/c1-2-14-3-5-15(6-4-14)7-8-16-9-11-17(13-18)12-10-16/h5,7-12,14H,2-4,6H2,1H3. The van der Waals surface area contributed by atoms with Crippen LogP contribution in [0.3, 0.4) is 0 Å². The molecule has 0 N–H and O–H groups in total. The molecule has 1 nitrogen and oxygen atoms in total. The predicted octanol–water partition coefficient (Wildman–Crippen LogP) is 4.71. The van der Waals surface area contributed by atoms with Crippen LogP contribution in [-0.2, 0) is 0 Å². The Kier molecular flexibility index (Phi) is 4.36. The summed E-state index contributed by atoms with van der Waals surface area (Å²) in [7, 11) is 0. The zero-order chi connectivity index (χ0) is 12.8. The highest BCUT2D eigenvalue weighted by Gasteiger charge is 2.10. The zero-order valence-corrected chi connectivity index (χ0v) is 10.9. The van der Waals surface area contributed by atoms with E-state index in [1.54, 1.807) is 0 Å². The molecular weight excluding hydrogens is 218 g/mol. The van der Waals surface area contributed by atoms with Gasteiger partial charge in [-0.15, -0.1) is 0 Å². The molecule has 0 heterocycles. The predicted molar refractivity (Wildman–Crippen MR) is 75.9 cm³/mol. The summed E-state index contributed by atoms with van der Waals surface area (Å²) in [6, 6.07) is 9.85. The fraction of sp³-hybridized carbons (Fsp3) is 0.353. The van der Waals surface area contributed by atoms with Crippen molar-refractivity contribution in [1.29, 1.82) is 5.26 Å². The molecule has 1 aromatic carbocycles. The van der Waals surface area contributed by atoms with Crippen molar-refractivity contribution < 1.29 is 0 Å². The number of benzene rings is 1. The van der Waals surface area contributed by atoms with E-state index in [2.05, 4.69) is 31.2 Å². The van der Waals surface area contributed by atoms with Crippen LogP contribution in [0.25, 0.3) is 6.08 Å². The van der Waals surface area contributed by atoms with Gasteiger partial charge in [0.15, 0.2) is 0 Å². The second-order valence-electron chi connectivity index (χ2n) is 4.89. The summed E-state index contributed by atoms with van der Waals surface area (Å²) in [4.78, 5) is 0. The van der Waals surface area contributed by atoms with E-state index in [1.165, 1.54) is 31.3 Å². The summed E-state index contributed by atoms with van der Waals surface area (Å²) in [6.45, 7) is 2.27. The minimum atomic E-state index is 0.717. The van der Waals surface area contributed by atoms with Gasteiger partial charge in [0, 0.05) is 0 Å². The van der Waals surface area contributed by atoms with E-state index in [-0.39, 0.29) is 0 Å². The average Bonchev–Trinajstić information content (AvgIpc) is 2.46. The van der Waals surface area contributed by atoms with Gasteiger partial charge >= 0.3 is 0 Å². The lowest BCUT2D eigenvalue weighted by atomic mass is 9.88. The van der Waals surface area contributed by atoms with Crippen LogP contribution in [0.1, 0.15) is 43.7 Å². The molecule has 2 rings (SSSR count). The molecule has 0 radical (unpaired) electrons. The molecular formula is C17H19N. The fourth-order valence-electron chi connectivity index (χ4n) is 2.30. The van der Waals surface area contributed by atoms with Crippen molar-refractivity contribution >= 4 is 6.08 Å². The number of nitriles is 1. The van der Waals surface area contributed by atoms with E-state index in [4.69, 9.17) is 5.26 Å². The molecule has 0 fully saturated rings. The molecule has 1 aromatic rings. The Morgan fingerprint density at radius 2 is 2.06 bits per heavy atom.